The molecule has 0 bridgehead atoms. The number of aryl methyl sites for hydroxylation is 1. The highest BCUT2D eigenvalue weighted by molar-refractivity contribution is 5.96. The van der Waals surface area contributed by atoms with Crippen molar-refractivity contribution < 1.29 is 9.59 Å². The van der Waals surface area contributed by atoms with Crippen molar-refractivity contribution >= 4 is 12.2 Å². The summed E-state index contributed by atoms with van der Waals surface area (Å²) in [6, 6.07) is 5.30. The van der Waals surface area contributed by atoms with Crippen LogP contribution in [0.5, 0.6) is 0 Å². The van der Waals surface area contributed by atoms with Gasteiger partial charge in [0.15, 0.2) is 0 Å². The number of likely N-dealkylation sites (N-methyl/N-ethyl adjacent to an activating group) is 1. The van der Waals surface area contributed by atoms with E-state index in [1.165, 1.54) is 0 Å². The van der Waals surface area contributed by atoms with Crippen LogP contribution in [0.4, 0.5) is 0 Å². The Morgan fingerprint density at radius 2 is 1.89 bits per heavy atom. The number of hydrogen-bond donors (Lipinski definition) is 0. The molecule has 18 heavy (non-hydrogen) atoms. The van der Waals surface area contributed by atoms with Crippen molar-refractivity contribution in [2.75, 3.05) is 33.2 Å². The summed E-state index contributed by atoms with van der Waals surface area (Å²) in [4.78, 5) is 27.2. The van der Waals surface area contributed by atoms with E-state index in [1.807, 2.05) is 17.9 Å². The molecule has 2 rings (SSSR count). The van der Waals surface area contributed by atoms with Gasteiger partial charge in [-0.05, 0) is 31.7 Å². The molecular formula is C14H18N2O2. The zero-order valence-electron chi connectivity index (χ0n) is 10.8. The summed E-state index contributed by atoms with van der Waals surface area (Å²) in [5.41, 5.74) is 2.10. The molecule has 1 saturated heterocycles. The summed E-state index contributed by atoms with van der Waals surface area (Å²) in [5.74, 6) is 0.0196. The molecule has 1 aromatic carbocycles. The number of hydrogen-bond acceptors (Lipinski definition) is 3. The maximum atomic E-state index is 12.3. The molecule has 0 aliphatic carbocycles. The molecule has 0 saturated carbocycles. The number of benzene rings is 1. The molecule has 1 aliphatic rings. The summed E-state index contributed by atoms with van der Waals surface area (Å²) < 4.78 is 0. The number of nitrogens with zero attached hydrogens (tertiary/aromatic N) is 2. The number of amides is 1. The van der Waals surface area contributed by atoms with Gasteiger partial charge >= 0.3 is 0 Å². The molecule has 1 aromatic rings. The number of piperazine rings is 1. The summed E-state index contributed by atoms with van der Waals surface area (Å²) in [7, 11) is 2.05. The topological polar surface area (TPSA) is 40.6 Å². The fourth-order valence-electron chi connectivity index (χ4n) is 2.09. The lowest BCUT2D eigenvalue weighted by atomic mass is 10.0. The number of carbonyl (C=O) groups excluding carboxylic acids is 2. The third-order valence-electron chi connectivity index (χ3n) is 3.44. The van der Waals surface area contributed by atoms with Crippen LogP contribution in [0.15, 0.2) is 18.2 Å². The first-order valence-electron chi connectivity index (χ1n) is 6.15. The average Bonchev–Trinajstić information content (AvgIpc) is 2.39. The second-order valence-electron chi connectivity index (χ2n) is 4.78. The Morgan fingerprint density at radius 1 is 1.22 bits per heavy atom. The SMILES string of the molecule is Cc1ccc(C(=O)N2CCN(C)CC2)cc1C=O. The van der Waals surface area contributed by atoms with Gasteiger partial charge in [-0.15, -0.1) is 0 Å². The van der Waals surface area contributed by atoms with Crippen molar-refractivity contribution in [1.82, 2.24) is 9.80 Å². The zero-order valence-corrected chi connectivity index (χ0v) is 10.8. The van der Waals surface area contributed by atoms with Crippen molar-refractivity contribution in [2.24, 2.45) is 0 Å². The molecular weight excluding hydrogens is 228 g/mol. The van der Waals surface area contributed by atoms with Crippen molar-refractivity contribution in [3.05, 3.63) is 34.9 Å². The van der Waals surface area contributed by atoms with Gasteiger partial charge in [0.05, 0.1) is 0 Å². The first-order valence-corrected chi connectivity index (χ1v) is 6.15. The van der Waals surface area contributed by atoms with E-state index >= 15 is 0 Å². The second kappa shape index (κ2) is 5.31. The van der Waals surface area contributed by atoms with Gasteiger partial charge in [0, 0.05) is 37.3 Å². The molecule has 0 unspecified atom stereocenters. The first-order chi connectivity index (χ1) is 8.61. The van der Waals surface area contributed by atoms with Gasteiger partial charge in [-0.2, -0.15) is 0 Å². The van der Waals surface area contributed by atoms with E-state index in [2.05, 4.69) is 11.9 Å². The fraction of sp³-hybridized carbons (Fsp3) is 0.429. The molecule has 96 valence electrons. The minimum Gasteiger partial charge on any atom is -0.336 e. The summed E-state index contributed by atoms with van der Waals surface area (Å²) in [6.45, 7) is 5.17. The zero-order chi connectivity index (χ0) is 13.1. The standard InChI is InChI=1S/C14H18N2O2/c1-11-3-4-12(9-13(11)10-17)14(18)16-7-5-15(2)6-8-16/h3-4,9-10H,5-8H2,1-2H3. The van der Waals surface area contributed by atoms with Crippen LogP contribution in [0, 0.1) is 6.92 Å². The highest BCUT2D eigenvalue weighted by Crippen LogP contribution is 2.12. The molecule has 0 spiro atoms. The molecule has 4 nitrogen and oxygen atoms in total. The van der Waals surface area contributed by atoms with E-state index in [1.54, 1.807) is 12.1 Å². The maximum Gasteiger partial charge on any atom is 0.253 e. The van der Waals surface area contributed by atoms with Crippen LogP contribution in [0.1, 0.15) is 26.3 Å². The highest BCUT2D eigenvalue weighted by atomic mass is 16.2. The number of carbonyl (C=O) groups is 2. The van der Waals surface area contributed by atoms with Crippen LogP contribution in [-0.2, 0) is 0 Å². The third kappa shape index (κ3) is 2.59. The average molecular weight is 246 g/mol. The quantitative estimate of drug-likeness (QED) is 0.736. The lowest BCUT2D eigenvalue weighted by Gasteiger charge is -2.32. The molecule has 0 atom stereocenters. The van der Waals surface area contributed by atoms with Crippen molar-refractivity contribution in [3.63, 3.8) is 0 Å². The predicted octanol–water partition coefficient (Wildman–Crippen LogP) is 1.20. The van der Waals surface area contributed by atoms with E-state index in [9.17, 15) is 9.59 Å². The molecule has 0 aromatic heterocycles. The van der Waals surface area contributed by atoms with Gasteiger partial charge in [-0.25, -0.2) is 0 Å². The van der Waals surface area contributed by atoms with Crippen molar-refractivity contribution in [3.8, 4) is 0 Å². The van der Waals surface area contributed by atoms with E-state index in [0.717, 1.165) is 38.0 Å². The van der Waals surface area contributed by atoms with Crippen LogP contribution in [0.25, 0.3) is 0 Å². The van der Waals surface area contributed by atoms with Crippen molar-refractivity contribution in [1.29, 1.82) is 0 Å². The van der Waals surface area contributed by atoms with E-state index in [4.69, 9.17) is 0 Å². The van der Waals surface area contributed by atoms with E-state index < -0.39 is 0 Å². The van der Waals surface area contributed by atoms with Gasteiger partial charge < -0.3 is 9.80 Å². The second-order valence-corrected chi connectivity index (χ2v) is 4.78. The number of rotatable bonds is 2. The summed E-state index contributed by atoms with van der Waals surface area (Å²) >= 11 is 0. The van der Waals surface area contributed by atoms with Crippen LogP contribution < -0.4 is 0 Å². The first kappa shape index (κ1) is 12.8. The van der Waals surface area contributed by atoms with Crippen molar-refractivity contribution in [2.45, 2.75) is 6.92 Å². The van der Waals surface area contributed by atoms with Gasteiger partial charge in [0.25, 0.3) is 5.91 Å². The third-order valence-corrected chi connectivity index (χ3v) is 3.44. The monoisotopic (exact) mass is 246 g/mol. The molecule has 0 radical (unpaired) electrons. The molecule has 1 amide bonds. The predicted molar refractivity (Wildman–Crippen MR) is 70.0 cm³/mol. The van der Waals surface area contributed by atoms with Crippen LogP contribution in [0.3, 0.4) is 0 Å². The van der Waals surface area contributed by atoms with Gasteiger partial charge in [-0.1, -0.05) is 6.07 Å². The Balaban J connectivity index is 2.16. The van der Waals surface area contributed by atoms with Gasteiger partial charge in [0.1, 0.15) is 6.29 Å². The Morgan fingerprint density at radius 3 is 2.50 bits per heavy atom. The molecule has 1 heterocycles. The van der Waals surface area contributed by atoms with E-state index in [0.29, 0.717) is 11.1 Å². The lowest BCUT2D eigenvalue weighted by Crippen LogP contribution is -2.47. The lowest BCUT2D eigenvalue weighted by molar-refractivity contribution is 0.0664. The van der Waals surface area contributed by atoms with Crippen LogP contribution >= 0.6 is 0 Å². The summed E-state index contributed by atoms with van der Waals surface area (Å²) in [5, 5.41) is 0. The Hall–Kier alpha value is -1.68. The van der Waals surface area contributed by atoms with Gasteiger partial charge in [0.2, 0.25) is 0 Å². The highest BCUT2D eigenvalue weighted by Gasteiger charge is 2.20. The smallest absolute Gasteiger partial charge is 0.253 e. The van der Waals surface area contributed by atoms with E-state index in [-0.39, 0.29) is 5.91 Å². The fourth-order valence-corrected chi connectivity index (χ4v) is 2.09. The minimum absolute atomic E-state index is 0.0196. The maximum absolute atomic E-state index is 12.3. The molecule has 1 fully saturated rings. The Bertz CT molecular complexity index is 463. The van der Waals surface area contributed by atoms with Crippen LogP contribution in [0.2, 0.25) is 0 Å². The summed E-state index contributed by atoms with van der Waals surface area (Å²) in [6.07, 6.45) is 0.802. The Kier molecular flexibility index (Phi) is 3.77. The molecule has 4 heteroatoms. The van der Waals surface area contributed by atoms with Crippen LogP contribution in [-0.4, -0.2) is 55.2 Å². The largest absolute Gasteiger partial charge is 0.336 e. The normalized spacial score (nSPS) is 16.7. The Labute approximate surface area is 107 Å². The molecule has 0 N–H and O–H groups in total. The van der Waals surface area contributed by atoms with Gasteiger partial charge in [-0.3, -0.25) is 9.59 Å². The number of aldehydes is 1. The molecule has 1 aliphatic heterocycles. The minimum atomic E-state index is 0.0196.